The molecule has 2 aromatic heterocycles. The molecule has 0 aliphatic carbocycles. The lowest BCUT2D eigenvalue weighted by molar-refractivity contribution is -0.121. The van der Waals surface area contributed by atoms with Gasteiger partial charge in [-0.25, -0.2) is 4.98 Å². The van der Waals surface area contributed by atoms with Crippen LogP contribution in [-0.2, 0) is 11.2 Å². The van der Waals surface area contributed by atoms with Crippen LogP contribution in [0.2, 0.25) is 0 Å². The third-order valence-corrected chi connectivity index (χ3v) is 4.29. The maximum absolute atomic E-state index is 11.7. The second-order valence-corrected chi connectivity index (χ2v) is 6.02. The van der Waals surface area contributed by atoms with Crippen LogP contribution in [-0.4, -0.2) is 16.8 Å². The van der Waals surface area contributed by atoms with Crippen molar-refractivity contribution in [3.63, 3.8) is 0 Å². The summed E-state index contributed by atoms with van der Waals surface area (Å²) in [5.74, 6) is -0.569. The van der Waals surface area contributed by atoms with Crippen molar-refractivity contribution >= 4 is 33.4 Å². The minimum atomic E-state index is -0.477. The first-order chi connectivity index (χ1) is 11.2. The molecule has 3 aromatic rings. The van der Waals surface area contributed by atoms with Crippen LogP contribution >= 0.6 is 11.3 Å². The molecule has 0 spiro atoms. The number of fused-ring (bicyclic) bond motifs is 1. The Bertz CT molecular complexity index is 778. The van der Waals surface area contributed by atoms with Gasteiger partial charge < -0.3 is 4.42 Å². The lowest BCUT2D eigenvalue weighted by Gasteiger charge is -2.05. The number of amides is 2. The van der Waals surface area contributed by atoms with Crippen molar-refractivity contribution in [3.05, 3.63) is 53.4 Å². The Hall–Kier alpha value is -2.67. The zero-order chi connectivity index (χ0) is 16.1. The lowest BCUT2D eigenvalue weighted by atomic mass is 10.2. The van der Waals surface area contributed by atoms with E-state index < -0.39 is 5.91 Å². The Morgan fingerprint density at radius 3 is 2.78 bits per heavy atom. The fourth-order valence-corrected chi connectivity index (χ4v) is 3.09. The molecule has 0 atom stereocenters. The number of hydrogen-bond acceptors (Lipinski definition) is 5. The van der Waals surface area contributed by atoms with E-state index in [1.807, 2.05) is 24.3 Å². The molecule has 0 radical (unpaired) electrons. The van der Waals surface area contributed by atoms with Crippen molar-refractivity contribution < 1.29 is 14.0 Å². The highest BCUT2D eigenvalue weighted by atomic mass is 32.1. The van der Waals surface area contributed by atoms with Gasteiger partial charge in [0.1, 0.15) is 0 Å². The maximum Gasteiger partial charge on any atom is 0.305 e. The molecule has 3 rings (SSSR count). The van der Waals surface area contributed by atoms with E-state index in [-0.39, 0.29) is 11.7 Å². The van der Waals surface area contributed by atoms with Gasteiger partial charge in [0, 0.05) is 6.42 Å². The number of thiazole rings is 1. The first-order valence-electron chi connectivity index (χ1n) is 7.19. The van der Waals surface area contributed by atoms with E-state index in [2.05, 4.69) is 15.8 Å². The van der Waals surface area contributed by atoms with Gasteiger partial charge in [0.15, 0.2) is 5.76 Å². The maximum atomic E-state index is 11.7. The molecule has 0 unspecified atom stereocenters. The van der Waals surface area contributed by atoms with E-state index >= 15 is 0 Å². The molecule has 1 aromatic carbocycles. The first-order valence-corrected chi connectivity index (χ1v) is 8.01. The van der Waals surface area contributed by atoms with Gasteiger partial charge in [-0.3, -0.25) is 20.4 Å². The highest BCUT2D eigenvalue weighted by Crippen LogP contribution is 2.22. The van der Waals surface area contributed by atoms with Gasteiger partial charge in [0.25, 0.3) is 0 Å². The van der Waals surface area contributed by atoms with Crippen molar-refractivity contribution in [2.75, 3.05) is 0 Å². The highest BCUT2D eigenvalue weighted by molar-refractivity contribution is 7.18. The minimum absolute atomic E-state index is 0.153. The molecule has 0 saturated carbocycles. The molecule has 118 valence electrons. The molecule has 0 aliphatic rings. The Morgan fingerprint density at radius 2 is 2.00 bits per heavy atom. The zero-order valence-electron chi connectivity index (χ0n) is 12.2. The summed E-state index contributed by atoms with van der Waals surface area (Å²) in [6.45, 7) is 0. The second-order valence-electron chi connectivity index (χ2n) is 4.91. The van der Waals surface area contributed by atoms with Crippen LogP contribution in [0.5, 0.6) is 0 Å². The van der Waals surface area contributed by atoms with Gasteiger partial charge in [0.2, 0.25) is 5.91 Å². The van der Waals surface area contributed by atoms with Crippen molar-refractivity contribution in [1.82, 2.24) is 15.8 Å². The average Bonchev–Trinajstić information content (AvgIpc) is 3.21. The minimum Gasteiger partial charge on any atom is -0.459 e. The molecule has 2 amide bonds. The number of nitrogens with one attached hydrogen (secondary N) is 2. The second kappa shape index (κ2) is 7.06. The largest absolute Gasteiger partial charge is 0.459 e. The number of para-hydroxylation sites is 1. The average molecular weight is 329 g/mol. The first kappa shape index (κ1) is 15.2. The molecular weight excluding hydrogens is 314 g/mol. The molecule has 7 heteroatoms. The van der Waals surface area contributed by atoms with Crippen LogP contribution < -0.4 is 10.9 Å². The summed E-state index contributed by atoms with van der Waals surface area (Å²) in [6.07, 6.45) is 3.12. The van der Waals surface area contributed by atoms with E-state index in [1.165, 1.54) is 12.3 Å². The molecule has 0 aliphatic heterocycles. The number of carbonyl (C=O) groups excluding carboxylic acids is 2. The molecule has 0 saturated heterocycles. The van der Waals surface area contributed by atoms with Crippen molar-refractivity contribution in [2.45, 2.75) is 19.3 Å². The summed E-state index contributed by atoms with van der Waals surface area (Å²) >= 11 is 1.64. The Balaban J connectivity index is 1.41. The molecule has 0 bridgehead atoms. The lowest BCUT2D eigenvalue weighted by Crippen LogP contribution is -2.41. The monoisotopic (exact) mass is 329 g/mol. The number of aromatic nitrogens is 1. The third kappa shape index (κ3) is 3.95. The highest BCUT2D eigenvalue weighted by Gasteiger charge is 2.10. The van der Waals surface area contributed by atoms with E-state index in [0.717, 1.165) is 21.6 Å². The van der Waals surface area contributed by atoms with E-state index in [4.69, 9.17) is 4.42 Å². The number of carbonyl (C=O) groups is 2. The van der Waals surface area contributed by atoms with Crippen LogP contribution in [0.3, 0.4) is 0 Å². The third-order valence-electron chi connectivity index (χ3n) is 3.19. The predicted molar refractivity (Wildman–Crippen MR) is 86.9 cm³/mol. The molecular formula is C16H15N3O3S. The van der Waals surface area contributed by atoms with Crippen LogP contribution in [0.15, 0.2) is 47.1 Å². The van der Waals surface area contributed by atoms with Crippen molar-refractivity contribution in [1.29, 1.82) is 0 Å². The number of hydrazine groups is 1. The summed E-state index contributed by atoms with van der Waals surface area (Å²) in [5.41, 5.74) is 5.67. The molecule has 0 fully saturated rings. The SMILES string of the molecule is O=C(CCCc1nc2ccccc2s1)NNC(=O)c1ccco1. The smallest absolute Gasteiger partial charge is 0.305 e. The summed E-state index contributed by atoms with van der Waals surface area (Å²) < 4.78 is 6.08. The standard InChI is InChI=1S/C16H15N3O3S/c20-14(18-19-16(21)12-6-4-10-22-12)8-3-9-15-17-11-5-1-2-7-13(11)23-15/h1-2,4-7,10H,3,8-9H2,(H,18,20)(H,19,21). The van der Waals surface area contributed by atoms with Crippen LogP contribution in [0, 0.1) is 0 Å². The van der Waals surface area contributed by atoms with Gasteiger partial charge in [-0.05, 0) is 37.1 Å². The number of nitrogens with zero attached hydrogens (tertiary/aromatic N) is 1. The summed E-state index contributed by atoms with van der Waals surface area (Å²) in [5, 5.41) is 1.01. The molecule has 2 N–H and O–H groups in total. The fraction of sp³-hybridized carbons (Fsp3) is 0.188. The summed E-state index contributed by atoms with van der Waals surface area (Å²) in [4.78, 5) is 27.8. The van der Waals surface area contributed by atoms with Crippen LogP contribution in [0.4, 0.5) is 0 Å². The Labute approximate surface area is 136 Å². The van der Waals surface area contributed by atoms with E-state index in [0.29, 0.717) is 12.8 Å². The fourth-order valence-electron chi connectivity index (χ4n) is 2.09. The summed E-state index contributed by atoms with van der Waals surface area (Å²) in [6, 6.07) is 11.1. The molecule has 2 heterocycles. The van der Waals surface area contributed by atoms with Crippen LogP contribution in [0.25, 0.3) is 10.2 Å². The van der Waals surface area contributed by atoms with Gasteiger partial charge in [0.05, 0.1) is 21.5 Å². The van der Waals surface area contributed by atoms with Gasteiger partial charge in [-0.1, -0.05) is 12.1 Å². The van der Waals surface area contributed by atoms with Gasteiger partial charge >= 0.3 is 5.91 Å². The number of rotatable bonds is 5. The molecule has 6 nitrogen and oxygen atoms in total. The zero-order valence-corrected chi connectivity index (χ0v) is 13.1. The topological polar surface area (TPSA) is 84.2 Å². The number of aryl methyl sites for hydroxylation is 1. The normalized spacial score (nSPS) is 10.6. The summed E-state index contributed by atoms with van der Waals surface area (Å²) in [7, 11) is 0. The Morgan fingerprint density at radius 1 is 1.13 bits per heavy atom. The predicted octanol–water partition coefficient (Wildman–Crippen LogP) is 2.67. The van der Waals surface area contributed by atoms with Crippen LogP contribution in [0.1, 0.15) is 28.4 Å². The number of furan rings is 1. The Kier molecular flexibility index (Phi) is 4.68. The number of hydrogen-bond donors (Lipinski definition) is 2. The number of benzene rings is 1. The van der Waals surface area contributed by atoms with E-state index in [1.54, 1.807) is 17.4 Å². The van der Waals surface area contributed by atoms with Crippen molar-refractivity contribution in [3.8, 4) is 0 Å². The molecule has 23 heavy (non-hydrogen) atoms. The van der Waals surface area contributed by atoms with Gasteiger partial charge in [-0.2, -0.15) is 0 Å². The van der Waals surface area contributed by atoms with E-state index in [9.17, 15) is 9.59 Å². The van der Waals surface area contributed by atoms with Crippen molar-refractivity contribution in [2.24, 2.45) is 0 Å². The quantitative estimate of drug-likeness (QED) is 0.705. The van der Waals surface area contributed by atoms with Gasteiger partial charge in [-0.15, -0.1) is 11.3 Å².